The molecule has 0 aromatic heterocycles. The SMILES string of the molecule is CNCCSCC(=O)C[C@@H](CCO)c1ccc(F)cc1.[HH]. The van der Waals surface area contributed by atoms with Crippen LogP contribution in [-0.2, 0) is 4.79 Å². The predicted molar refractivity (Wildman–Crippen MR) is 83.8 cm³/mol. The van der Waals surface area contributed by atoms with Gasteiger partial charge in [0, 0.05) is 26.8 Å². The van der Waals surface area contributed by atoms with Crippen LogP contribution >= 0.6 is 11.8 Å². The van der Waals surface area contributed by atoms with E-state index in [1.54, 1.807) is 23.9 Å². The molecule has 114 valence electrons. The number of carbonyl (C=O) groups excluding carboxylic acids is 1. The Morgan fingerprint density at radius 1 is 1.45 bits per heavy atom. The minimum atomic E-state index is -0.287. The van der Waals surface area contributed by atoms with Crippen molar-refractivity contribution in [3.63, 3.8) is 0 Å². The summed E-state index contributed by atoms with van der Waals surface area (Å²) >= 11 is 1.61. The standard InChI is InChI=1S/C15H22FNO2S.H2/c1-17-7-9-20-11-15(19)10-13(6-8-18)12-2-4-14(16)5-3-12;/h2-5,13,17-18H,6-11H2,1H3;1H/t13-;/m1./s1. The van der Waals surface area contributed by atoms with Gasteiger partial charge in [0.2, 0.25) is 0 Å². The molecule has 1 aromatic rings. The summed E-state index contributed by atoms with van der Waals surface area (Å²) in [6.45, 7) is 0.915. The molecule has 0 heterocycles. The fourth-order valence-corrected chi connectivity index (χ4v) is 2.81. The molecule has 0 radical (unpaired) electrons. The summed E-state index contributed by atoms with van der Waals surface area (Å²) in [7, 11) is 1.88. The Hall–Kier alpha value is -0.910. The number of carbonyl (C=O) groups is 1. The smallest absolute Gasteiger partial charge is 0.143 e. The number of hydrogen-bond donors (Lipinski definition) is 2. The lowest BCUT2D eigenvalue weighted by molar-refractivity contribution is -0.117. The fourth-order valence-electron chi connectivity index (χ4n) is 1.97. The first-order valence-electron chi connectivity index (χ1n) is 6.77. The second-order valence-electron chi connectivity index (χ2n) is 4.66. The molecular weight excluding hydrogens is 277 g/mol. The number of aliphatic hydroxyl groups excluding tert-OH is 1. The number of Topliss-reactive ketones (excluding diaryl/α,β-unsaturated/α-hetero) is 1. The van der Waals surface area contributed by atoms with Gasteiger partial charge >= 0.3 is 0 Å². The highest BCUT2D eigenvalue weighted by Crippen LogP contribution is 2.24. The van der Waals surface area contributed by atoms with Crippen LogP contribution in [0.3, 0.4) is 0 Å². The molecule has 1 aromatic carbocycles. The Morgan fingerprint density at radius 3 is 2.75 bits per heavy atom. The van der Waals surface area contributed by atoms with Crippen molar-refractivity contribution in [2.24, 2.45) is 0 Å². The van der Waals surface area contributed by atoms with Crippen molar-refractivity contribution in [2.45, 2.75) is 18.8 Å². The summed E-state index contributed by atoms with van der Waals surface area (Å²) in [6.07, 6.45) is 0.928. The molecule has 0 unspecified atom stereocenters. The number of benzene rings is 1. The van der Waals surface area contributed by atoms with E-state index >= 15 is 0 Å². The van der Waals surface area contributed by atoms with Gasteiger partial charge < -0.3 is 10.4 Å². The van der Waals surface area contributed by atoms with Crippen LogP contribution in [-0.4, -0.2) is 42.6 Å². The van der Waals surface area contributed by atoms with Crippen LogP contribution in [0.1, 0.15) is 25.7 Å². The number of thioether (sulfide) groups is 1. The molecule has 0 aliphatic heterocycles. The second kappa shape index (κ2) is 9.91. The molecule has 0 aliphatic rings. The topological polar surface area (TPSA) is 49.3 Å². The van der Waals surface area contributed by atoms with Crippen molar-refractivity contribution in [2.75, 3.05) is 31.7 Å². The zero-order valence-electron chi connectivity index (χ0n) is 11.8. The Morgan fingerprint density at radius 2 is 2.15 bits per heavy atom. The van der Waals surface area contributed by atoms with Crippen LogP contribution in [0.4, 0.5) is 4.39 Å². The highest BCUT2D eigenvalue weighted by molar-refractivity contribution is 7.99. The van der Waals surface area contributed by atoms with E-state index in [4.69, 9.17) is 5.11 Å². The lowest BCUT2D eigenvalue weighted by Gasteiger charge is -2.15. The van der Waals surface area contributed by atoms with Crippen LogP contribution in [0.25, 0.3) is 0 Å². The van der Waals surface area contributed by atoms with Crippen molar-refractivity contribution in [1.29, 1.82) is 0 Å². The quantitative estimate of drug-likeness (QED) is 0.652. The Balaban J connectivity index is 0.00000400. The molecule has 5 heteroatoms. The van der Waals surface area contributed by atoms with Crippen molar-refractivity contribution in [3.8, 4) is 0 Å². The van der Waals surface area contributed by atoms with E-state index in [1.807, 2.05) is 7.05 Å². The van der Waals surface area contributed by atoms with E-state index in [9.17, 15) is 9.18 Å². The first-order chi connectivity index (χ1) is 9.67. The largest absolute Gasteiger partial charge is 0.396 e. The fraction of sp³-hybridized carbons (Fsp3) is 0.533. The molecule has 0 bridgehead atoms. The zero-order valence-corrected chi connectivity index (χ0v) is 12.6. The van der Waals surface area contributed by atoms with Crippen LogP contribution in [0, 0.1) is 5.82 Å². The molecule has 20 heavy (non-hydrogen) atoms. The van der Waals surface area contributed by atoms with E-state index < -0.39 is 0 Å². The number of hydrogen-bond acceptors (Lipinski definition) is 4. The molecule has 0 amide bonds. The molecule has 1 atom stereocenters. The summed E-state index contributed by atoms with van der Waals surface area (Å²) in [4.78, 5) is 11.9. The van der Waals surface area contributed by atoms with Gasteiger partial charge in [-0.1, -0.05) is 12.1 Å². The molecule has 0 aliphatic carbocycles. The van der Waals surface area contributed by atoms with E-state index in [0.29, 0.717) is 18.6 Å². The van der Waals surface area contributed by atoms with Crippen LogP contribution in [0.2, 0.25) is 0 Å². The third-order valence-corrected chi connectivity index (χ3v) is 4.07. The van der Waals surface area contributed by atoms with Gasteiger partial charge in [0.15, 0.2) is 0 Å². The lowest BCUT2D eigenvalue weighted by Crippen LogP contribution is -2.14. The maximum absolute atomic E-state index is 12.9. The van der Waals surface area contributed by atoms with Gasteiger partial charge in [0.25, 0.3) is 0 Å². The van der Waals surface area contributed by atoms with E-state index in [2.05, 4.69) is 5.32 Å². The van der Waals surface area contributed by atoms with Gasteiger partial charge in [0.1, 0.15) is 11.6 Å². The maximum atomic E-state index is 12.9. The van der Waals surface area contributed by atoms with Gasteiger partial charge in [-0.05, 0) is 37.1 Å². The maximum Gasteiger partial charge on any atom is 0.143 e. The van der Waals surface area contributed by atoms with Crippen molar-refractivity contribution in [1.82, 2.24) is 5.32 Å². The van der Waals surface area contributed by atoms with Gasteiger partial charge in [-0.25, -0.2) is 4.39 Å². The molecule has 1 rings (SSSR count). The number of ketones is 1. The average molecular weight is 301 g/mol. The minimum absolute atomic E-state index is 0. The Kier molecular flexibility index (Phi) is 8.49. The summed E-state index contributed by atoms with van der Waals surface area (Å²) in [5.74, 6) is 1.26. The summed E-state index contributed by atoms with van der Waals surface area (Å²) < 4.78 is 12.9. The highest BCUT2D eigenvalue weighted by atomic mass is 32.2. The van der Waals surface area contributed by atoms with Gasteiger partial charge in [-0.2, -0.15) is 11.8 Å². The molecule has 0 spiro atoms. The molecule has 0 saturated heterocycles. The molecule has 3 nitrogen and oxygen atoms in total. The van der Waals surface area contributed by atoms with Crippen LogP contribution in [0.5, 0.6) is 0 Å². The Labute approximate surface area is 125 Å². The van der Waals surface area contributed by atoms with E-state index in [-0.39, 0.29) is 25.6 Å². The average Bonchev–Trinajstić information content (AvgIpc) is 2.44. The minimum Gasteiger partial charge on any atom is -0.396 e. The normalized spacial score (nSPS) is 12.3. The third kappa shape index (κ3) is 6.50. The summed E-state index contributed by atoms with van der Waals surface area (Å²) in [6, 6.07) is 6.17. The predicted octanol–water partition coefficient (Wildman–Crippen LogP) is 2.45. The van der Waals surface area contributed by atoms with Crippen molar-refractivity contribution in [3.05, 3.63) is 35.6 Å². The monoisotopic (exact) mass is 301 g/mol. The second-order valence-corrected chi connectivity index (χ2v) is 5.76. The number of nitrogens with one attached hydrogen (secondary N) is 1. The lowest BCUT2D eigenvalue weighted by atomic mass is 9.91. The van der Waals surface area contributed by atoms with Gasteiger partial charge in [-0.15, -0.1) is 0 Å². The van der Waals surface area contributed by atoms with Gasteiger partial charge in [0.05, 0.1) is 5.75 Å². The number of rotatable bonds is 10. The summed E-state index contributed by atoms with van der Waals surface area (Å²) in [5, 5.41) is 12.1. The third-order valence-electron chi connectivity index (χ3n) is 3.05. The van der Waals surface area contributed by atoms with Crippen molar-refractivity contribution < 1.29 is 15.7 Å². The summed E-state index contributed by atoms with van der Waals surface area (Å²) in [5.41, 5.74) is 0.911. The number of halogens is 1. The molecule has 0 fully saturated rings. The molecular formula is C15H24FNO2S. The first-order valence-corrected chi connectivity index (χ1v) is 7.93. The first kappa shape index (κ1) is 17.1. The van der Waals surface area contributed by atoms with E-state index in [0.717, 1.165) is 17.9 Å². The number of aliphatic hydroxyl groups is 1. The Bertz CT molecular complexity index is 403. The van der Waals surface area contributed by atoms with E-state index in [1.165, 1.54) is 12.1 Å². The van der Waals surface area contributed by atoms with Gasteiger partial charge in [-0.3, -0.25) is 4.79 Å². The highest BCUT2D eigenvalue weighted by Gasteiger charge is 2.15. The molecule has 0 saturated carbocycles. The van der Waals surface area contributed by atoms with Crippen molar-refractivity contribution >= 4 is 17.5 Å². The van der Waals surface area contributed by atoms with Crippen LogP contribution < -0.4 is 5.32 Å². The molecule has 2 N–H and O–H groups in total. The van der Waals surface area contributed by atoms with Crippen LogP contribution in [0.15, 0.2) is 24.3 Å². The zero-order chi connectivity index (χ0) is 14.8.